The molecule has 0 unspecified atom stereocenters. The number of benzene rings is 1. The van der Waals surface area contributed by atoms with E-state index < -0.39 is 0 Å². The van der Waals surface area contributed by atoms with E-state index in [4.69, 9.17) is 0 Å². The number of thiazole rings is 1. The van der Waals surface area contributed by atoms with Crippen LogP contribution in [0.5, 0.6) is 0 Å². The first-order valence-corrected chi connectivity index (χ1v) is 10.4. The summed E-state index contributed by atoms with van der Waals surface area (Å²) in [6.45, 7) is 10.2. The first-order valence-electron chi connectivity index (χ1n) is 9.56. The third-order valence-electron chi connectivity index (χ3n) is 4.21. The molecular weight excluding hydrogens is 402 g/mol. The minimum atomic E-state index is -0.276. The highest BCUT2D eigenvalue weighted by Gasteiger charge is 2.21. The van der Waals surface area contributed by atoms with Gasteiger partial charge >= 0.3 is 0 Å². The highest BCUT2D eigenvalue weighted by molar-refractivity contribution is 7.16. The van der Waals surface area contributed by atoms with E-state index in [0.29, 0.717) is 22.2 Å². The maximum Gasteiger partial charge on any atom is 0.251 e. The minimum absolute atomic E-state index is 0.0201. The van der Waals surface area contributed by atoms with E-state index in [2.05, 4.69) is 51.8 Å². The van der Waals surface area contributed by atoms with Gasteiger partial charge in [0.25, 0.3) is 5.91 Å². The molecule has 0 saturated heterocycles. The Kier molecular flexibility index (Phi) is 6.25. The van der Waals surface area contributed by atoms with Crippen molar-refractivity contribution in [2.45, 2.75) is 46.5 Å². The van der Waals surface area contributed by atoms with Crippen molar-refractivity contribution in [2.75, 3.05) is 11.9 Å². The monoisotopic (exact) mass is 427 g/mol. The predicted molar refractivity (Wildman–Crippen MR) is 115 cm³/mol. The van der Waals surface area contributed by atoms with Gasteiger partial charge in [-0.1, -0.05) is 26.8 Å². The van der Waals surface area contributed by atoms with Crippen LogP contribution < -0.4 is 10.6 Å². The third-order valence-corrected chi connectivity index (χ3v) is 5.71. The van der Waals surface area contributed by atoms with Crippen LogP contribution in [-0.4, -0.2) is 43.6 Å². The molecule has 2 N–H and O–H groups in total. The summed E-state index contributed by atoms with van der Waals surface area (Å²) in [4.78, 5) is 31.6. The number of amides is 2. The fraction of sp³-hybridized carbons (Fsp3) is 0.400. The Morgan fingerprint density at radius 3 is 2.60 bits per heavy atom. The van der Waals surface area contributed by atoms with Crippen LogP contribution in [0.3, 0.4) is 0 Å². The lowest BCUT2D eigenvalue weighted by Crippen LogP contribution is -2.27. The van der Waals surface area contributed by atoms with Crippen molar-refractivity contribution < 1.29 is 9.59 Å². The van der Waals surface area contributed by atoms with Gasteiger partial charge in [0, 0.05) is 23.4 Å². The number of tetrazole rings is 1. The summed E-state index contributed by atoms with van der Waals surface area (Å²) in [6.07, 6.45) is 0.152. The molecule has 2 amide bonds. The Balaban J connectivity index is 1.53. The molecular formula is C20H25N7O2S. The molecule has 3 rings (SSSR count). The van der Waals surface area contributed by atoms with E-state index in [-0.39, 0.29) is 30.2 Å². The largest absolute Gasteiger partial charge is 0.352 e. The molecule has 0 atom stereocenters. The van der Waals surface area contributed by atoms with Gasteiger partial charge in [-0.2, -0.15) is 0 Å². The summed E-state index contributed by atoms with van der Waals surface area (Å²) >= 11 is 1.48. The van der Waals surface area contributed by atoms with Crippen molar-refractivity contribution >= 4 is 28.3 Å². The summed E-state index contributed by atoms with van der Waals surface area (Å²) < 4.78 is 0. The molecule has 2 aromatic heterocycles. The van der Waals surface area contributed by atoms with Gasteiger partial charge in [-0.3, -0.25) is 9.59 Å². The molecule has 1 aromatic carbocycles. The lowest BCUT2D eigenvalue weighted by molar-refractivity contribution is -0.116. The van der Waals surface area contributed by atoms with Crippen molar-refractivity contribution in [1.82, 2.24) is 30.5 Å². The molecule has 30 heavy (non-hydrogen) atoms. The molecule has 0 bridgehead atoms. The normalized spacial score (nSPS) is 11.4. The van der Waals surface area contributed by atoms with E-state index in [1.165, 1.54) is 16.1 Å². The average Bonchev–Trinajstić information content (AvgIpc) is 3.27. The molecule has 0 fully saturated rings. The van der Waals surface area contributed by atoms with Gasteiger partial charge in [-0.05, 0) is 42.7 Å². The van der Waals surface area contributed by atoms with Crippen LogP contribution in [0.25, 0.3) is 5.69 Å². The third kappa shape index (κ3) is 5.26. The maximum absolute atomic E-state index is 12.4. The van der Waals surface area contributed by atoms with E-state index >= 15 is 0 Å². The van der Waals surface area contributed by atoms with Gasteiger partial charge < -0.3 is 10.6 Å². The Labute approximate surface area is 178 Å². The Bertz CT molecular complexity index is 1070. The van der Waals surface area contributed by atoms with Crippen LogP contribution in [0.15, 0.2) is 24.3 Å². The minimum Gasteiger partial charge on any atom is -0.352 e. The van der Waals surface area contributed by atoms with Crippen LogP contribution in [0, 0.1) is 13.8 Å². The maximum atomic E-state index is 12.4. The molecule has 158 valence electrons. The number of nitrogens with zero attached hydrogens (tertiary/aromatic N) is 5. The average molecular weight is 428 g/mol. The lowest BCUT2D eigenvalue weighted by Gasteiger charge is -2.16. The number of anilines is 1. The van der Waals surface area contributed by atoms with E-state index in [0.717, 1.165) is 10.6 Å². The van der Waals surface area contributed by atoms with Crippen LogP contribution in [0.4, 0.5) is 5.13 Å². The molecule has 0 aliphatic heterocycles. The fourth-order valence-corrected chi connectivity index (χ4v) is 3.92. The van der Waals surface area contributed by atoms with Crippen LogP contribution in [0.2, 0.25) is 0 Å². The van der Waals surface area contributed by atoms with Gasteiger partial charge in [0.1, 0.15) is 0 Å². The van der Waals surface area contributed by atoms with Crippen molar-refractivity contribution in [2.24, 2.45) is 0 Å². The van der Waals surface area contributed by atoms with Crippen molar-refractivity contribution in [1.29, 1.82) is 0 Å². The molecule has 9 nitrogen and oxygen atoms in total. The summed E-state index contributed by atoms with van der Waals surface area (Å²) in [7, 11) is 0. The van der Waals surface area contributed by atoms with E-state index in [9.17, 15) is 9.59 Å². The quantitative estimate of drug-likeness (QED) is 0.625. The van der Waals surface area contributed by atoms with Crippen LogP contribution in [-0.2, 0) is 10.2 Å². The standard InChI is InChI=1S/C20H25N7O2S/c1-12-17(20(3,4)5)30-19(22-12)23-16(28)9-10-21-18(29)14-7-6-8-15(11-14)27-25-13(2)24-26-27/h6-8,11H,9-10H2,1-5H3,(H,21,29)(H,22,23,28). The molecule has 3 aromatic rings. The summed E-state index contributed by atoms with van der Waals surface area (Å²) in [5.74, 6) is 0.0723. The summed E-state index contributed by atoms with van der Waals surface area (Å²) in [5, 5.41) is 18.0. The van der Waals surface area contributed by atoms with Gasteiger partial charge in [0.15, 0.2) is 11.0 Å². The predicted octanol–water partition coefficient (Wildman–Crippen LogP) is 2.79. The molecule has 0 spiro atoms. The van der Waals surface area contributed by atoms with Gasteiger partial charge in [0.05, 0.1) is 11.4 Å². The first kappa shape index (κ1) is 21.6. The molecule has 10 heteroatoms. The van der Waals surface area contributed by atoms with E-state index in [1.54, 1.807) is 31.2 Å². The number of hydrogen-bond acceptors (Lipinski definition) is 7. The van der Waals surface area contributed by atoms with E-state index in [1.807, 2.05) is 6.92 Å². The first-order chi connectivity index (χ1) is 14.1. The number of hydrogen-bond donors (Lipinski definition) is 2. The zero-order valence-electron chi connectivity index (χ0n) is 17.7. The number of carbonyl (C=O) groups excluding carboxylic acids is 2. The summed E-state index contributed by atoms with van der Waals surface area (Å²) in [6, 6.07) is 6.89. The van der Waals surface area contributed by atoms with Gasteiger partial charge in [-0.15, -0.1) is 26.3 Å². The lowest BCUT2D eigenvalue weighted by atomic mass is 9.94. The highest BCUT2D eigenvalue weighted by Crippen LogP contribution is 2.33. The smallest absolute Gasteiger partial charge is 0.251 e. The number of carbonyl (C=O) groups is 2. The number of aryl methyl sites for hydroxylation is 2. The van der Waals surface area contributed by atoms with Crippen molar-refractivity contribution in [3.8, 4) is 5.69 Å². The summed E-state index contributed by atoms with van der Waals surface area (Å²) in [5.41, 5.74) is 1.99. The van der Waals surface area contributed by atoms with Crippen LogP contribution >= 0.6 is 11.3 Å². The molecule has 2 heterocycles. The molecule has 0 radical (unpaired) electrons. The number of nitrogens with one attached hydrogen (secondary N) is 2. The molecule has 0 aliphatic carbocycles. The SMILES string of the molecule is Cc1nnn(-c2cccc(C(=O)NCCC(=O)Nc3nc(C)c(C(C)(C)C)s3)c2)n1. The molecule has 0 saturated carbocycles. The Morgan fingerprint density at radius 2 is 1.97 bits per heavy atom. The van der Waals surface area contributed by atoms with Crippen molar-refractivity contribution in [3.63, 3.8) is 0 Å². The van der Waals surface area contributed by atoms with Gasteiger partial charge in [0.2, 0.25) is 5.91 Å². The highest BCUT2D eigenvalue weighted by atomic mass is 32.1. The van der Waals surface area contributed by atoms with Gasteiger partial charge in [-0.25, -0.2) is 4.98 Å². The van der Waals surface area contributed by atoms with Crippen LogP contribution in [0.1, 0.15) is 53.9 Å². The zero-order valence-corrected chi connectivity index (χ0v) is 18.5. The topological polar surface area (TPSA) is 115 Å². The second-order valence-corrected chi connectivity index (χ2v) is 8.91. The number of rotatable bonds is 6. The Hall–Kier alpha value is -3.14. The number of aromatic nitrogens is 5. The second kappa shape index (κ2) is 8.70. The molecule has 0 aliphatic rings. The fourth-order valence-electron chi connectivity index (χ4n) is 2.88. The second-order valence-electron chi connectivity index (χ2n) is 7.91. The van der Waals surface area contributed by atoms with Crippen molar-refractivity contribution in [3.05, 3.63) is 46.2 Å². The Morgan fingerprint density at radius 1 is 1.20 bits per heavy atom. The zero-order chi connectivity index (χ0) is 21.9.